The van der Waals surface area contributed by atoms with Crippen LogP contribution in [0.25, 0.3) is 11.5 Å². The van der Waals surface area contributed by atoms with Crippen molar-refractivity contribution in [1.29, 1.82) is 0 Å². The van der Waals surface area contributed by atoms with Gasteiger partial charge in [-0.2, -0.15) is 0 Å². The Hall–Kier alpha value is -2.41. The zero-order chi connectivity index (χ0) is 19.7. The van der Waals surface area contributed by atoms with E-state index in [1.165, 1.54) is 26.0 Å². The maximum Gasteiger partial charge on any atom is 0.237 e. The van der Waals surface area contributed by atoms with Crippen LogP contribution in [-0.4, -0.2) is 53.5 Å². The highest BCUT2D eigenvalue weighted by atomic mass is 19.1. The van der Waals surface area contributed by atoms with Crippen LogP contribution in [0.15, 0.2) is 22.6 Å². The van der Waals surface area contributed by atoms with Crippen molar-refractivity contribution in [1.82, 2.24) is 14.8 Å². The number of rotatable bonds is 5. The van der Waals surface area contributed by atoms with E-state index >= 15 is 0 Å². The number of carbonyl (C=O) groups is 1. The monoisotopic (exact) mass is 387 g/mol. The molecule has 1 saturated heterocycles. The summed E-state index contributed by atoms with van der Waals surface area (Å²) in [5, 5.41) is 0. The highest BCUT2D eigenvalue weighted by molar-refractivity contribution is 5.79. The molecule has 28 heavy (non-hydrogen) atoms. The summed E-state index contributed by atoms with van der Waals surface area (Å²) in [5.74, 6) is 1.09. The van der Waals surface area contributed by atoms with Gasteiger partial charge in [0.25, 0.3) is 0 Å². The number of carbonyl (C=O) groups excluding carboxylic acids is 1. The van der Waals surface area contributed by atoms with Gasteiger partial charge in [-0.25, -0.2) is 9.37 Å². The van der Waals surface area contributed by atoms with Gasteiger partial charge >= 0.3 is 0 Å². The highest BCUT2D eigenvalue weighted by Crippen LogP contribution is 2.28. The minimum atomic E-state index is -0.423. The topological polar surface area (TPSA) is 58.8 Å². The maximum atomic E-state index is 13.6. The second-order valence-electron chi connectivity index (χ2n) is 7.61. The predicted molar refractivity (Wildman–Crippen MR) is 102 cm³/mol. The number of oxazole rings is 1. The van der Waals surface area contributed by atoms with Crippen molar-refractivity contribution in [2.45, 2.75) is 45.2 Å². The van der Waals surface area contributed by atoms with Gasteiger partial charge in [0.2, 0.25) is 11.8 Å². The van der Waals surface area contributed by atoms with Crippen molar-refractivity contribution in [2.24, 2.45) is 0 Å². The van der Waals surface area contributed by atoms with Crippen LogP contribution in [0.3, 0.4) is 0 Å². The van der Waals surface area contributed by atoms with Gasteiger partial charge in [0.1, 0.15) is 5.76 Å². The quantitative estimate of drug-likeness (QED) is 0.787. The molecule has 1 aliphatic heterocycles. The van der Waals surface area contributed by atoms with E-state index in [9.17, 15) is 9.18 Å². The first-order valence-corrected chi connectivity index (χ1v) is 9.87. The van der Waals surface area contributed by atoms with E-state index < -0.39 is 5.82 Å². The van der Waals surface area contributed by atoms with Crippen LogP contribution in [0, 0.1) is 12.7 Å². The molecule has 1 aromatic carbocycles. The Morgan fingerprint density at radius 1 is 1.29 bits per heavy atom. The first kappa shape index (κ1) is 18.9. The van der Waals surface area contributed by atoms with Crippen molar-refractivity contribution in [3.8, 4) is 17.2 Å². The Balaban J connectivity index is 1.44. The van der Waals surface area contributed by atoms with E-state index in [1.807, 2.05) is 6.92 Å². The van der Waals surface area contributed by atoms with Gasteiger partial charge in [-0.3, -0.25) is 9.69 Å². The lowest BCUT2D eigenvalue weighted by Crippen LogP contribution is -2.53. The molecule has 2 heterocycles. The summed E-state index contributed by atoms with van der Waals surface area (Å²) in [6.45, 7) is 4.47. The maximum absolute atomic E-state index is 13.6. The molecule has 0 bridgehead atoms. The molecule has 6 nitrogen and oxygen atoms in total. The fraction of sp³-hybridized carbons (Fsp3) is 0.524. The zero-order valence-corrected chi connectivity index (χ0v) is 16.4. The van der Waals surface area contributed by atoms with E-state index in [1.54, 1.807) is 12.1 Å². The molecule has 2 aliphatic rings. The average Bonchev–Trinajstić information content (AvgIpc) is 3.33. The Bertz CT molecular complexity index is 861. The van der Waals surface area contributed by atoms with Crippen LogP contribution >= 0.6 is 0 Å². The molecule has 1 amide bonds. The van der Waals surface area contributed by atoms with Crippen LogP contribution < -0.4 is 4.74 Å². The van der Waals surface area contributed by atoms with Gasteiger partial charge in [0, 0.05) is 31.2 Å². The molecule has 2 aromatic rings. The van der Waals surface area contributed by atoms with Crippen molar-refractivity contribution in [3.63, 3.8) is 0 Å². The number of hydrogen-bond acceptors (Lipinski definition) is 5. The Kier molecular flexibility index (Phi) is 5.35. The van der Waals surface area contributed by atoms with Gasteiger partial charge in [-0.05, 0) is 38.0 Å². The number of aryl methyl sites for hydroxylation is 1. The Morgan fingerprint density at radius 3 is 2.79 bits per heavy atom. The third-order valence-electron chi connectivity index (χ3n) is 5.77. The lowest BCUT2D eigenvalue weighted by Gasteiger charge is -2.37. The molecule has 1 aromatic heterocycles. The molecule has 0 atom stereocenters. The number of amides is 1. The minimum Gasteiger partial charge on any atom is -0.494 e. The van der Waals surface area contributed by atoms with E-state index in [4.69, 9.17) is 9.15 Å². The molecule has 0 N–H and O–H groups in total. The van der Waals surface area contributed by atoms with Crippen LogP contribution in [0.1, 0.15) is 37.1 Å². The van der Waals surface area contributed by atoms with Gasteiger partial charge in [-0.1, -0.05) is 12.8 Å². The summed E-state index contributed by atoms with van der Waals surface area (Å²) in [6.07, 6.45) is 4.73. The number of hydrogen-bond donors (Lipinski definition) is 0. The molecule has 0 radical (unpaired) electrons. The van der Waals surface area contributed by atoms with Crippen LogP contribution in [-0.2, 0) is 11.3 Å². The number of halogens is 1. The number of piperazine rings is 1. The standard InChI is InChI=1S/C21H26FN3O3/c1-14-18(23-21(28-14)15-7-8-17(22)19(11-15)27-2)12-24-9-10-25(20(26)13-24)16-5-3-4-6-16/h7-8,11,16H,3-6,9-10,12-13H2,1-2H3. The van der Waals surface area contributed by atoms with Crippen molar-refractivity contribution < 1.29 is 18.3 Å². The van der Waals surface area contributed by atoms with Gasteiger partial charge in [0.15, 0.2) is 11.6 Å². The summed E-state index contributed by atoms with van der Waals surface area (Å²) >= 11 is 0. The average molecular weight is 387 g/mol. The van der Waals surface area contributed by atoms with Crippen molar-refractivity contribution in [2.75, 3.05) is 26.7 Å². The molecule has 2 fully saturated rings. The molecular weight excluding hydrogens is 361 g/mol. The van der Waals surface area contributed by atoms with Crippen LogP contribution in [0.5, 0.6) is 5.75 Å². The number of benzene rings is 1. The van der Waals surface area contributed by atoms with Gasteiger partial charge in [0.05, 0.1) is 19.3 Å². The van der Waals surface area contributed by atoms with E-state index in [0.717, 1.165) is 31.6 Å². The molecule has 0 spiro atoms. The third kappa shape index (κ3) is 3.76. The van der Waals surface area contributed by atoms with E-state index in [-0.39, 0.29) is 11.7 Å². The molecule has 7 heteroatoms. The first-order valence-electron chi connectivity index (χ1n) is 9.87. The number of nitrogens with zero attached hydrogens (tertiary/aromatic N) is 3. The number of ether oxygens (including phenoxy) is 1. The minimum absolute atomic E-state index is 0.156. The zero-order valence-electron chi connectivity index (χ0n) is 16.4. The van der Waals surface area contributed by atoms with Gasteiger partial charge in [-0.15, -0.1) is 0 Å². The second kappa shape index (κ2) is 7.91. The second-order valence-corrected chi connectivity index (χ2v) is 7.61. The largest absolute Gasteiger partial charge is 0.494 e. The third-order valence-corrected chi connectivity index (χ3v) is 5.77. The lowest BCUT2D eigenvalue weighted by molar-refractivity contribution is -0.138. The lowest BCUT2D eigenvalue weighted by atomic mass is 10.1. The number of methoxy groups -OCH3 is 1. The molecule has 1 saturated carbocycles. The van der Waals surface area contributed by atoms with Gasteiger partial charge < -0.3 is 14.1 Å². The number of aromatic nitrogens is 1. The Morgan fingerprint density at radius 2 is 2.07 bits per heavy atom. The Labute approximate surface area is 164 Å². The van der Waals surface area contributed by atoms with Crippen LogP contribution in [0.2, 0.25) is 0 Å². The smallest absolute Gasteiger partial charge is 0.237 e. The van der Waals surface area contributed by atoms with Crippen LogP contribution in [0.4, 0.5) is 4.39 Å². The summed E-state index contributed by atoms with van der Waals surface area (Å²) in [7, 11) is 1.43. The molecule has 0 unspecified atom stereocenters. The summed E-state index contributed by atoms with van der Waals surface area (Å²) < 4.78 is 24.5. The predicted octanol–water partition coefficient (Wildman–Crippen LogP) is 3.38. The normalized spacial score (nSPS) is 18.8. The summed E-state index contributed by atoms with van der Waals surface area (Å²) in [6, 6.07) is 4.97. The fourth-order valence-corrected chi connectivity index (χ4v) is 4.17. The highest BCUT2D eigenvalue weighted by Gasteiger charge is 2.31. The molecule has 150 valence electrons. The molecule has 4 rings (SSSR count). The van der Waals surface area contributed by atoms with Crippen molar-refractivity contribution >= 4 is 5.91 Å². The van der Waals surface area contributed by atoms with E-state index in [0.29, 0.717) is 36.3 Å². The summed E-state index contributed by atoms with van der Waals surface area (Å²) in [5.41, 5.74) is 1.47. The fourth-order valence-electron chi connectivity index (χ4n) is 4.17. The molecule has 1 aliphatic carbocycles. The SMILES string of the molecule is COc1cc(-c2nc(CN3CCN(C4CCCC4)C(=O)C3)c(C)o2)ccc1F. The summed E-state index contributed by atoms with van der Waals surface area (Å²) in [4.78, 5) is 21.4. The van der Waals surface area contributed by atoms with E-state index in [2.05, 4.69) is 14.8 Å². The molecular formula is C21H26FN3O3. The first-order chi connectivity index (χ1) is 13.5. The van der Waals surface area contributed by atoms with Crippen molar-refractivity contribution in [3.05, 3.63) is 35.5 Å².